The zero-order valence-electron chi connectivity index (χ0n) is 27.3. The van der Waals surface area contributed by atoms with E-state index in [-0.39, 0.29) is 35.6 Å². The van der Waals surface area contributed by atoms with Gasteiger partial charge in [0, 0.05) is 23.8 Å². The van der Waals surface area contributed by atoms with E-state index in [2.05, 4.69) is 10.3 Å². The molecular formula is C34H44F3N3O6. The number of hydrogen-bond acceptors (Lipinski definition) is 7. The molecule has 6 atom stereocenters. The van der Waals surface area contributed by atoms with Crippen LogP contribution in [0.1, 0.15) is 85.1 Å². The maximum Gasteiger partial charge on any atom is 0.408 e. The highest BCUT2D eigenvalue weighted by Crippen LogP contribution is 2.44. The SMILES string of the molecule is COc1ccc2c(F)c3c(nc2c1)O[C@H]1CN(C(=O)[C@H](C(C)(C)C)NC(=O)O[C@@H]2CCC[C@H]2CCCCC3(F)F)[C@H](C(C)=O)C1C. The van der Waals surface area contributed by atoms with Crippen LogP contribution in [0.15, 0.2) is 18.2 Å². The molecule has 1 saturated heterocycles. The van der Waals surface area contributed by atoms with Crippen molar-refractivity contribution in [3.05, 3.63) is 29.6 Å². The van der Waals surface area contributed by atoms with E-state index in [0.717, 1.165) is 12.8 Å². The summed E-state index contributed by atoms with van der Waals surface area (Å²) in [5.74, 6) is -6.54. The van der Waals surface area contributed by atoms with Crippen LogP contribution < -0.4 is 14.8 Å². The third-order valence-electron chi connectivity index (χ3n) is 9.76. The van der Waals surface area contributed by atoms with Gasteiger partial charge in [0.1, 0.15) is 35.4 Å². The van der Waals surface area contributed by atoms with Gasteiger partial charge in [-0.05, 0) is 62.5 Å². The predicted molar refractivity (Wildman–Crippen MR) is 164 cm³/mol. The Morgan fingerprint density at radius 1 is 1.09 bits per heavy atom. The fourth-order valence-electron chi connectivity index (χ4n) is 7.25. The van der Waals surface area contributed by atoms with Gasteiger partial charge in [0.15, 0.2) is 5.78 Å². The molecule has 1 aromatic carbocycles. The van der Waals surface area contributed by atoms with E-state index in [0.29, 0.717) is 25.0 Å². The molecule has 2 aromatic rings. The first-order valence-corrected chi connectivity index (χ1v) is 16.1. The summed E-state index contributed by atoms with van der Waals surface area (Å²) in [5.41, 5.74) is -1.64. The van der Waals surface area contributed by atoms with E-state index in [1.54, 1.807) is 27.7 Å². The summed E-state index contributed by atoms with van der Waals surface area (Å²) in [5, 5.41) is 2.67. The number of ether oxygens (including phenoxy) is 3. The van der Waals surface area contributed by atoms with Crippen LogP contribution in [0.3, 0.4) is 0 Å². The first-order valence-electron chi connectivity index (χ1n) is 16.1. The summed E-state index contributed by atoms with van der Waals surface area (Å²) in [6, 6.07) is 2.23. The number of hydrogen-bond donors (Lipinski definition) is 1. The van der Waals surface area contributed by atoms with Gasteiger partial charge in [-0.3, -0.25) is 9.59 Å². The smallest absolute Gasteiger partial charge is 0.408 e. The fraction of sp³-hybridized carbons (Fsp3) is 0.647. The normalized spacial score (nSPS) is 29.1. The summed E-state index contributed by atoms with van der Waals surface area (Å²) in [6.07, 6.45) is 0.581. The van der Waals surface area contributed by atoms with Crippen molar-refractivity contribution in [1.82, 2.24) is 15.2 Å². The number of alkyl carbamates (subject to hydrolysis) is 1. The Morgan fingerprint density at radius 3 is 2.48 bits per heavy atom. The third kappa shape index (κ3) is 6.62. The van der Waals surface area contributed by atoms with Crippen molar-refractivity contribution in [3.8, 4) is 11.6 Å². The molecule has 1 unspecified atom stereocenters. The number of amides is 2. The second-order valence-electron chi connectivity index (χ2n) is 14.1. The highest BCUT2D eigenvalue weighted by Gasteiger charge is 2.50. The zero-order chi connectivity index (χ0) is 33.6. The van der Waals surface area contributed by atoms with E-state index in [1.165, 1.54) is 37.1 Å². The van der Waals surface area contributed by atoms with E-state index in [9.17, 15) is 14.4 Å². The number of rotatable bonds is 2. The number of carbonyl (C=O) groups excluding carboxylic acids is 3. The van der Waals surface area contributed by atoms with Crippen molar-refractivity contribution >= 4 is 28.7 Å². The van der Waals surface area contributed by atoms with Crippen molar-refractivity contribution in [3.63, 3.8) is 0 Å². The van der Waals surface area contributed by atoms with Crippen LogP contribution in [0, 0.1) is 23.1 Å². The maximum atomic E-state index is 16.2. The largest absolute Gasteiger partial charge is 0.497 e. The first-order chi connectivity index (χ1) is 21.6. The number of pyridine rings is 1. The van der Waals surface area contributed by atoms with Gasteiger partial charge in [0.2, 0.25) is 11.8 Å². The summed E-state index contributed by atoms with van der Waals surface area (Å²) in [6.45, 7) is 8.23. The number of ketones is 1. The molecule has 1 aromatic heterocycles. The summed E-state index contributed by atoms with van der Waals surface area (Å²) in [4.78, 5) is 46.0. The van der Waals surface area contributed by atoms with Gasteiger partial charge < -0.3 is 24.4 Å². The molecule has 252 valence electrons. The molecular weight excluding hydrogens is 603 g/mol. The Labute approximate surface area is 267 Å². The van der Waals surface area contributed by atoms with Gasteiger partial charge in [0.05, 0.1) is 25.2 Å². The minimum absolute atomic E-state index is 0.0164. The van der Waals surface area contributed by atoms with Crippen LogP contribution in [0.4, 0.5) is 18.0 Å². The number of aromatic nitrogens is 1. The number of alkyl halides is 2. The van der Waals surface area contributed by atoms with E-state index in [4.69, 9.17) is 14.2 Å². The van der Waals surface area contributed by atoms with E-state index < -0.39 is 77.2 Å². The average Bonchev–Trinajstić information content (AvgIpc) is 3.55. The maximum absolute atomic E-state index is 16.2. The lowest BCUT2D eigenvalue weighted by Crippen LogP contribution is -2.57. The number of Topliss-reactive ketones (excluding diaryl/α,β-unsaturated/α-hetero) is 1. The number of nitrogens with zero attached hydrogens (tertiary/aromatic N) is 2. The molecule has 2 amide bonds. The number of halogens is 3. The van der Waals surface area contributed by atoms with Crippen LogP contribution in [-0.4, -0.2) is 65.6 Å². The summed E-state index contributed by atoms with van der Waals surface area (Å²) >= 11 is 0. The average molecular weight is 648 g/mol. The predicted octanol–water partition coefficient (Wildman–Crippen LogP) is 6.54. The molecule has 0 spiro atoms. The molecule has 3 aliphatic rings. The second kappa shape index (κ2) is 12.9. The molecule has 1 saturated carbocycles. The molecule has 9 nitrogen and oxygen atoms in total. The zero-order valence-corrected chi connectivity index (χ0v) is 27.3. The Hall–Kier alpha value is -3.57. The third-order valence-corrected chi connectivity index (χ3v) is 9.76. The van der Waals surface area contributed by atoms with Gasteiger partial charge in [-0.15, -0.1) is 0 Å². The number of methoxy groups -OCH3 is 1. The minimum atomic E-state index is -3.63. The molecule has 12 heteroatoms. The number of benzene rings is 1. The lowest BCUT2D eigenvalue weighted by Gasteiger charge is -2.35. The van der Waals surface area contributed by atoms with Gasteiger partial charge >= 0.3 is 6.09 Å². The number of fused-ring (bicyclic) bond motifs is 5. The monoisotopic (exact) mass is 647 g/mol. The van der Waals surface area contributed by atoms with Crippen LogP contribution in [0.5, 0.6) is 11.6 Å². The Bertz CT molecular complexity index is 1490. The van der Waals surface area contributed by atoms with Gasteiger partial charge in [0.25, 0.3) is 5.92 Å². The second-order valence-corrected chi connectivity index (χ2v) is 14.1. The van der Waals surface area contributed by atoms with Crippen molar-refractivity contribution in [2.24, 2.45) is 17.3 Å². The summed E-state index contributed by atoms with van der Waals surface area (Å²) < 4.78 is 65.5. The highest BCUT2D eigenvalue weighted by molar-refractivity contribution is 5.92. The highest BCUT2D eigenvalue weighted by atomic mass is 19.3. The molecule has 0 radical (unpaired) electrons. The minimum Gasteiger partial charge on any atom is -0.497 e. The molecule has 2 fully saturated rings. The molecule has 1 aliphatic carbocycles. The van der Waals surface area contributed by atoms with Crippen LogP contribution >= 0.6 is 0 Å². The molecule has 3 heterocycles. The standard InChI is InChI=1S/C34H44F3N3O6/c1-18-25-17-40(28(18)19(2)41)31(42)29(33(3,4)5)39-32(43)46-24-12-9-11-20(24)10-7-8-15-34(36,37)26-27(35)22-14-13-21(44-6)16-23(22)38-30(26)45-25/h13-14,16,18,20,24-25,28-29H,7-12,15,17H2,1-6H3,(H,39,43)/t18?,20-,24-,25+,28+,29-/m1/s1. The van der Waals surface area contributed by atoms with Crippen LogP contribution in [0.25, 0.3) is 10.9 Å². The molecule has 2 aliphatic heterocycles. The lowest BCUT2D eigenvalue weighted by molar-refractivity contribution is -0.141. The van der Waals surface area contributed by atoms with Crippen LogP contribution in [-0.2, 0) is 20.2 Å². The van der Waals surface area contributed by atoms with Crippen molar-refractivity contribution in [2.75, 3.05) is 13.7 Å². The first kappa shape index (κ1) is 33.8. The summed E-state index contributed by atoms with van der Waals surface area (Å²) in [7, 11) is 1.43. The van der Waals surface area contributed by atoms with Gasteiger partial charge in [-0.2, -0.15) is 0 Å². The fourth-order valence-corrected chi connectivity index (χ4v) is 7.25. The molecule has 2 bridgehead atoms. The van der Waals surface area contributed by atoms with Crippen LogP contribution in [0.2, 0.25) is 0 Å². The Balaban J connectivity index is 1.61. The number of carbonyl (C=O) groups is 3. The molecule has 5 rings (SSSR count). The quantitative estimate of drug-likeness (QED) is 0.395. The van der Waals surface area contributed by atoms with Gasteiger partial charge in [-0.25, -0.2) is 22.9 Å². The topological polar surface area (TPSA) is 107 Å². The Kier molecular flexibility index (Phi) is 9.48. The van der Waals surface area contributed by atoms with Crippen molar-refractivity contribution in [2.45, 2.75) is 110 Å². The Morgan fingerprint density at radius 2 is 1.80 bits per heavy atom. The molecule has 1 N–H and O–H groups in total. The van der Waals surface area contributed by atoms with Crippen molar-refractivity contribution in [1.29, 1.82) is 0 Å². The molecule has 46 heavy (non-hydrogen) atoms. The van der Waals surface area contributed by atoms with Gasteiger partial charge in [-0.1, -0.05) is 34.1 Å². The number of nitrogens with one attached hydrogen (secondary N) is 1. The van der Waals surface area contributed by atoms with Crippen molar-refractivity contribution < 1.29 is 41.8 Å². The van der Waals surface area contributed by atoms with E-state index in [1.807, 2.05) is 0 Å². The lowest BCUT2D eigenvalue weighted by atomic mass is 9.85. The van der Waals surface area contributed by atoms with E-state index >= 15 is 13.2 Å².